The number of furan rings is 1. The average Bonchev–Trinajstić information content (AvgIpc) is 3.93. The van der Waals surface area contributed by atoms with E-state index in [1.165, 1.54) is 49.4 Å². The van der Waals surface area contributed by atoms with E-state index < -0.39 is 0 Å². The molecule has 0 saturated heterocycles. The van der Waals surface area contributed by atoms with Gasteiger partial charge in [-0.2, -0.15) is 0 Å². The second kappa shape index (κ2) is 15.2. The summed E-state index contributed by atoms with van der Waals surface area (Å²) in [7, 11) is 0. The molecule has 0 spiro atoms. The van der Waals surface area contributed by atoms with Gasteiger partial charge in [0.15, 0.2) is 17.5 Å². The van der Waals surface area contributed by atoms with Crippen molar-refractivity contribution in [2.24, 2.45) is 0 Å². The molecule has 10 aromatic carbocycles. The van der Waals surface area contributed by atoms with Crippen LogP contribution in [-0.4, -0.2) is 19.5 Å². The molecule has 14 rings (SSSR count). The zero-order valence-electron chi connectivity index (χ0n) is 37.3. The Balaban J connectivity index is 1.08. The van der Waals surface area contributed by atoms with E-state index >= 15 is 0 Å². The summed E-state index contributed by atoms with van der Waals surface area (Å²) < 4.78 is 9.12. The summed E-state index contributed by atoms with van der Waals surface area (Å²) in [5, 5.41) is 9.13. The van der Waals surface area contributed by atoms with Crippen molar-refractivity contribution in [3.05, 3.63) is 229 Å². The molecule has 5 nitrogen and oxygen atoms in total. The van der Waals surface area contributed by atoms with Crippen LogP contribution >= 0.6 is 0 Å². The van der Waals surface area contributed by atoms with Gasteiger partial charge < -0.3 is 8.98 Å². The highest BCUT2D eigenvalue weighted by Crippen LogP contribution is 2.50. The molecule has 3 heterocycles. The van der Waals surface area contributed by atoms with E-state index in [4.69, 9.17) is 19.4 Å². The third-order valence-electron chi connectivity index (χ3n) is 14.6. The van der Waals surface area contributed by atoms with E-state index in [0.717, 1.165) is 72.5 Å². The first kappa shape index (κ1) is 38.6. The van der Waals surface area contributed by atoms with Crippen LogP contribution in [-0.2, 0) is 6.42 Å². The maximum Gasteiger partial charge on any atom is 0.166 e. The van der Waals surface area contributed by atoms with Gasteiger partial charge >= 0.3 is 0 Å². The van der Waals surface area contributed by atoms with Crippen molar-refractivity contribution >= 4 is 65.3 Å². The molecule has 0 N–H and O–H groups in total. The molecule has 320 valence electrons. The number of fused-ring (bicyclic) bond motifs is 11. The molecule has 2 unspecified atom stereocenters. The third-order valence-corrected chi connectivity index (χ3v) is 14.6. The number of nitrogens with zero attached hydrogens (tertiary/aromatic N) is 4. The van der Waals surface area contributed by atoms with Gasteiger partial charge in [0.2, 0.25) is 0 Å². The van der Waals surface area contributed by atoms with Crippen LogP contribution < -0.4 is 0 Å². The summed E-state index contributed by atoms with van der Waals surface area (Å²) in [6.45, 7) is 2.37. The van der Waals surface area contributed by atoms with E-state index in [9.17, 15) is 0 Å². The van der Waals surface area contributed by atoms with Crippen molar-refractivity contribution in [2.75, 3.05) is 0 Å². The topological polar surface area (TPSA) is 56.7 Å². The number of para-hydroxylation sites is 2. The first-order valence-electron chi connectivity index (χ1n) is 23.5. The van der Waals surface area contributed by atoms with Crippen molar-refractivity contribution in [3.63, 3.8) is 0 Å². The van der Waals surface area contributed by atoms with Gasteiger partial charge in [-0.1, -0.05) is 177 Å². The molecule has 0 amide bonds. The van der Waals surface area contributed by atoms with Gasteiger partial charge in [-0.25, -0.2) is 15.0 Å². The molecule has 2 atom stereocenters. The Morgan fingerprint density at radius 2 is 1.09 bits per heavy atom. The first-order valence-corrected chi connectivity index (χ1v) is 23.5. The van der Waals surface area contributed by atoms with Crippen LogP contribution in [0.5, 0.6) is 0 Å². The van der Waals surface area contributed by atoms with Gasteiger partial charge in [0.25, 0.3) is 0 Å². The standard InChI is InChI=1S/C63H42N4O/c1-38(39-16-3-2-4-17-39)51-34-44-22-9-10-23-46(44)49-26-15-27-50(60(49)51)62-64-61(45-31-30-40-18-5-6-19-41(40)32-45)65-63(66-62)54-37-59-53(48-25-12-14-29-58(48)68-59)36-57(54)67-55-28-13-11-24-47(55)52-33-42-20-7-8-21-43(42)35-56(52)67/h2-33,35-38,51H,34H2,1H3. The first-order chi connectivity index (χ1) is 33.6. The third kappa shape index (κ3) is 6.05. The molecule has 3 aromatic heterocycles. The van der Waals surface area contributed by atoms with Crippen LogP contribution in [0.4, 0.5) is 0 Å². The van der Waals surface area contributed by atoms with Crippen molar-refractivity contribution in [1.82, 2.24) is 19.5 Å². The monoisotopic (exact) mass is 870 g/mol. The average molecular weight is 871 g/mol. The Labute approximate surface area is 392 Å². The highest BCUT2D eigenvalue weighted by Gasteiger charge is 2.33. The number of hydrogen-bond donors (Lipinski definition) is 0. The summed E-state index contributed by atoms with van der Waals surface area (Å²) in [5.74, 6) is 2.21. The smallest absolute Gasteiger partial charge is 0.166 e. The lowest BCUT2D eigenvalue weighted by Gasteiger charge is -2.34. The summed E-state index contributed by atoms with van der Waals surface area (Å²) in [6, 6.07) is 76.2. The molecule has 68 heavy (non-hydrogen) atoms. The van der Waals surface area contributed by atoms with Crippen LogP contribution in [0.3, 0.4) is 0 Å². The SMILES string of the molecule is CC(c1ccccc1)C1Cc2ccccc2-c2cccc(-c3nc(-c4ccc5ccccc5c4)nc(-c4cc5oc6ccccc6c5cc4-n4c5ccccc5c5cc6ccccc6cc54)n3)c21. The molecule has 1 aliphatic rings. The highest BCUT2D eigenvalue weighted by molar-refractivity contribution is 6.15. The van der Waals surface area contributed by atoms with Crippen molar-refractivity contribution in [1.29, 1.82) is 0 Å². The van der Waals surface area contributed by atoms with E-state index in [-0.39, 0.29) is 11.8 Å². The molecule has 0 saturated carbocycles. The van der Waals surface area contributed by atoms with E-state index in [1.807, 2.05) is 12.1 Å². The Morgan fingerprint density at radius 1 is 0.441 bits per heavy atom. The summed E-state index contributed by atoms with van der Waals surface area (Å²) in [4.78, 5) is 16.7. The van der Waals surface area contributed by atoms with E-state index in [0.29, 0.717) is 17.5 Å². The molecule has 1 aliphatic carbocycles. The van der Waals surface area contributed by atoms with Crippen LogP contribution in [0.1, 0.15) is 35.4 Å². The number of benzene rings is 10. The Morgan fingerprint density at radius 3 is 1.94 bits per heavy atom. The Kier molecular flexibility index (Phi) is 8.62. The van der Waals surface area contributed by atoms with Crippen molar-refractivity contribution in [2.45, 2.75) is 25.2 Å². The largest absolute Gasteiger partial charge is 0.456 e. The second-order valence-corrected chi connectivity index (χ2v) is 18.3. The summed E-state index contributed by atoms with van der Waals surface area (Å²) in [6.07, 6.45) is 0.904. The molecule has 13 aromatic rings. The minimum atomic E-state index is 0.165. The molecular formula is C63H42N4O. The van der Waals surface area contributed by atoms with Gasteiger partial charge in [0.05, 0.1) is 16.7 Å². The lowest BCUT2D eigenvalue weighted by atomic mass is 9.70. The normalized spacial score (nSPS) is 14.0. The molecule has 5 heteroatoms. The van der Waals surface area contributed by atoms with E-state index in [1.54, 1.807) is 0 Å². The van der Waals surface area contributed by atoms with Crippen LogP contribution in [0.2, 0.25) is 0 Å². The summed E-state index contributed by atoms with van der Waals surface area (Å²) >= 11 is 0. The fourth-order valence-corrected chi connectivity index (χ4v) is 11.2. The van der Waals surface area contributed by atoms with Crippen molar-refractivity contribution < 1.29 is 4.42 Å². The predicted molar refractivity (Wildman–Crippen MR) is 280 cm³/mol. The highest BCUT2D eigenvalue weighted by atomic mass is 16.3. The Hall–Kier alpha value is -8.67. The zero-order valence-corrected chi connectivity index (χ0v) is 37.3. The van der Waals surface area contributed by atoms with Crippen LogP contribution in [0.15, 0.2) is 217 Å². The molecule has 0 bridgehead atoms. The second-order valence-electron chi connectivity index (χ2n) is 18.3. The van der Waals surface area contributed by atoms with Crippen LogP contribution in [0, 0.1) is 0 Å². The lowest BCUT2D eigenvalue weighted by molar-refractivity contribution is 0.569. The lowest BCUT2D eigenvalue weighted by Crippen LogP contribution is -2.18. The Bertz CT molecular complexity index is 4160. The number of rotatable bonds is 6. The number of aromatic nitrogens is 4. The van der Waals surface area contributed by atoms with Gasteiger partial charge in [0, 0.05) is 38.2 Å². The van der Waals surface area contributed by atoms with Gasteiger partial charge in [-0.15, -0.1) is 0 Å². The fraction of sp³-hybridized carbons (Fsp3) is 0.0635. The molecule has 0 radical (unpaired) electrons. The molecule has 0 aliphatic heterocycles. The summed E-state index contributed by atoms with van der Waals surface area (Å²) in [5.41, 5.74) is 14.0. The van der Waals surface area contributed by atoms with Gasteiger partial charge in [-0.3, -0.25) is 0 Å². The quantitative estimate of drug-likeness (QED) is 0.167. The number of hydrogen-bond acceptors (Lipinski definition) is 4. The zero-order chi connectivity index (χ0) is 44.9. The minimum absolute atomic E-state index is 0.165. The molecular weight excluding hydrogens is 829 g/mol. The van der Waals surface area contributed by atoms with Gasteiger partial charge in [-0.05, 0) is 110 Å². The van der Waals surface area contributed by atoms with E-state index in [2.05, 4.69) is 212 Å². The predicted octanol–water partition coefficient (Wildman–Crippen LogP) is 16.3. The van der Waals surface area contributed by atoms with Gasteiger partial charge in [0.1, 0.15) is 11.2 Å². The fourth-order valence-electron chi connectivity index (χ4n) is 11.2. The maximum absolute atomic E-state index is 6.71. The molecule has 0 fully saturated rings. The van der Waals surface area contributed by atoms with Crippen LogP contribution in [0.25, 0.3) is 116 Å². The minimum Gasteiger partial charge on any atom is -0.456 e. The van der Waals surface area contributed by atoms with Crippen molar-refractivity contribution in [3.8, 4) is 51.0 Å². The maximum atomic E-state index is 6.71.